The van der Waals surface area contributed by atoms with Crippen molar-refractivity contribution in [2.75, 3.05) is 12.4 Å². The number of fused-ring (bicyclic) bond motifs is 5. The molecule has 0 bridgehead atoms. The molecule has 0 spiro atoms. The highest BCUT2D eigenvalue weighted by atomic mass is 32.2. The number of hydrogen-bond donors (Lipinski definition) is 2. The Morgan fingerprint density at radius 2 is 2.15 bits per heavy atom. The van der Waals surface area contributed by atoms with Gasteiger partial charge >= 0.3 is 5.97 Å². The van der Waals surface area contributed by atoms with Gasteiger partial charge in [-0.1, -0.05) is 0 Å². The molecule has 6 rings (SSSR count). The summed E-state index contributed by atoms with van der Waals surface area (Å²) in [5.41, 5.74) is 7.34. The lowest BCUT2D eigenvalue weighted by atomic mass is 9.85. The van der Waals surface area contributed by atoms with E-state index >= 15 is 0 Å². The van der Waals surface area contributed by atoms with Crippen LogP contribution in [0.3, 0.4) is 0 Å². The van der Waals surface area contributed by atoms with Crippen LogP contribution in [0.15, 0.2) is 21.8 Å². The van der Waals surface area contributed by atoms with Gasteiger partial charge in [0, 0.05) is 45.7 Å². The fraction of sp³-hybridized carbons (Fsp3) is 0.348. The van der Waals surface area contributed by atoms with E-state index in [0.29, 0.717) is 28.2 Å². The molecule has 0 fully saturated rings. The van der Waals surface area contributed by atoms with E-state index in [1.165, 1.54) is 28.5 Å². The highest BCUT2D eigenvalue weighted by molar-refractivity contribution is 7.99. The number of nitrogens with two attached hydrogens (primary N) is 1. The highest BCUT2D eigenvalue weighted by Gasteiger charge is 2.46. The second kappa shape index (κ2) is 6.85. The number of benzene rings is 1. The minimum absolute atomic E-state index is 0.0340. The summed E-state index contributed by atoms with van der Waals surface area (Å²) in [6, 6.07) is 2.55. The Labute approximate surface area is 190 Å². The van der Waals surface area contributed by atoms with Gasteiger partial charge in [-0.25, -0.2) is 14.2 Å². The maximum atomic E-state index is 14.7. The van der Waals surface area contributed by atoms with Gasteiger partial charge in [-0.15, -0.1) is 11.8 Å². The number of pyridine rings is 2. The van der Waals surface area contributed by atoms with Crippen molar-refractivity contribution in [3.63, 3.8) is 0 Å². The Kier molecular flexibility index (Phi) is 4.31. The largest absolute Gasteiger partial charge is 0.458 e. The lowest BCUT2D eigenvalue weighted by Crippen LogP contribution is -2.45. The molecule has 3 aliphatic rings. The smallest absolute Gasteiger partial charge is 0.343 e. The van der Waals surface area contributed by atoms with Gasteiger partial charge in [-0.05, 0) is 24.1 Å². The third-order valence-electron chi connectivity index (χ3n) is 6.88. The van der Waals surface area contributed by atoms with Crippen LogP contribution in [0.2, 0.25) is 0 Å². The van der Waals surface area contributed by atoms with Crippen molar-refractivity contribution < 1.29 is 23.4 Å². The Morgan fingerprint density at radius 3 is 2.91 bits per heavy atom. The van der Waals surface area contributed by atoms with E-state index in [1.807, 2.05) is 0 Å². The zero-order valence-corrected chi connectivity index (χ0v) is 18.4. The second-order valence-corrected chi connectivity index (χ2v) is 9.70. The van der Waals surface area contributed by atoms with Gasteiger partial charge < -0.3 is 20.1 Å². The number of thioether (sulfide) groups is 1. The monoisotopic (exact) mass is 471 g/mol. The van der Waals surface area contributed by atoms with Crippen molar-refractivity contribution in [3.8, 4) is 11.4 Å². The summed E-state index contributed by atoms with van der Waals surface area (Å²) in [4.78, 5) is 31.2. The molecule has 2 aromatic heterocycles. The van der Waals surface area contributed by atoms with E-state index < -0.39 is 30.2 Å². The van der Waals surface area contributed by atoms with Gasteiger partial charge in [0.15, 0.2) is 5.60 Å². The molecule has 0 saturated carbocycles. The summed E-state index contributed by atoms with van der Waals surface area (Å²) in [6.45, 7) is 0.659. The number of aliphatic hydroxyl groups is 1. The number of alkyl halides is 1. The molecule has 2 atom stereocenters. The number of carbonyl (C=O) groups is 1. The first-order chi connectivity index (χ1) is 15.8. The number of nitrogens with zero attached hydrogens (tertiary/aromatic N) is 2. The molecule has 7 nitrogen and oxygen atoms in total. The minimum Gasteiger partial charge on any atom is -0.458 e. The summed E-state index contributed by atoms with van der Waals surface area (Å²) in [5, 5.41) is 11.8. The molecule has 0 saturated heterocycles. The number of aromatic nitrogens is 2. The zero-order valence-electron chi connectivity index (χ0n) is 17.6. The Bertz CT molecular complexity index is 1470. The van der Waals surface area contributed by atoms with E-state index in [0.717, 1.165) is 21.4 Å². The first kappa shape index (κ1) is 20.8. The SMILES string of the molecule is Cc1c(F)cc2nc3c(c4c2c1SC[C@H]4N)Cn1c-3cc2c(c1=O)COC(=O)[C@]2(O)CCF. The number of esters is 1. The number of cyclic esters (lactones) is 1. The highest BCUT2D eigenvalue weighted by Crippen LogP contribution is 2.47. The number of ether oxygens (including phenoxy) is 1. The predicted octanol–water partition coefficient (Wildman–Crippen LogP) is 2.58. The molecule has 0 amide bonds. The average molecular weight is 471 g/mol. The Morgan fingerprint density at radius 1 is 1.36 bits per heavy atom. The standard InChI is InChI=1S/C23H19F2N3O4S/c1-9-13(25)5-15-18-17(14(26)8-33-20(9)18)10-6-28-16(19(10)27-15)4-12-11(21(28)29)7-32-22(30)23(12,31)2-3-24/h4-5,14,31H,2-3,6-8,26H2,1H3/t14-,23+/m1/s1. The minimum atomic E-state index is -2.26. The van der Waals surface area contributed by atoms with Gasteiger partial charge in [0.25, 0.3) is 5.56 Å². The van der Waals surface area contributed by atoms with Crippen molar-refractivity contribution in [2.45, 2.75) is 43.0 Å². The Balaban J connectivity index is 1.68. The summed E-state index contributed by atoms with van der Waals surface area (Å²) in [7, 11) is 0. The quantitative estimate of drug-likeness (QED) is 0.433. The van der Waals surface area contributed by atoms with Gasteiger partial charge in [0.2, 0.25) is 0 Å². The molecule has 3 N–H and O–H groups in total. The molecular weight excluding hydrogens is 452 g/mol. The molecular formula is C23H19F2N3O4S. The van der Waals surface area contributed by atoms with Crippen molar-refractivity contribution in [3.05, 3.63) is 56.1 Å². The molecule has 5 heterocycles. The van der Waals surface area contributed by atoms with Crippen LogP contribution in [-0.2, 0) is 28.3 Å². The van der Waals surface area contributed by atoms with Crippen molar-refractivity contribution in [2.24, 2.45) is 5.73 Å². The van der Waals surface area contributed by atoms with E-state index in [2.05, 4.69) is 0 Å². The maximum absolute atomic E-state index is 14.7. The average Bonchev–Trinajstić information content (AvgIpc) is 3.15. The van der Waals surface area contributed by atoms with Crippen molar-refractivity contribution >= 4 is 28.6 Å². The van der Waals surface area contributed by atoms with Crippen LogP contribution in [0, 0.1) is 12.7 Å². The number of rotatable bonds is 2. The lowest BCUT2D eigenvalue weighted by Gasteiger charge is -2.32. The van der Waals surface area contributed by atoms with Crippen LogP contribution in [0.5, 0.6) is 0 Å². The molecule has 33 heavy (non-hydrogen) atoms. The number of carbonyl (C=O) groups excluding carboxylic acids is 1. The molecule has 0 unspecified atom stereocenters. The summed E-state index contributed by atoms with van der Waals surface area (Å²) < 4.78 is 34.4. The summed E-state index contributed by atoms with van der Waals surface area (Å²) >= 11 is 1.49. The van der Waals surface area contributed by atoms with Crippen LogP contribution in [0.1, 0.15) is 40.3 Å². The topological polar surface area (TPSA) is 107 Å². The molecule has 0 aliphatic carbocycles. The van der Waals surface area contributed by atoms with E-state index in [9.17, 15) is 23.5 Å². The van der Waals surface area contributed by atoms with Gasteiger partial charge in [0.1, 0.15) is 12.4 Å². The van der Waals surface area contributed by atoms with Gasteiger partial charge in [-0.2, -0.15) is 0 Å². The predicted molar refractivity (Wildman–Crippen MR) is 117 cm³/mol. The molecule has 3 aromatic rings. The lowest BCUT2D eigenvalue weighted by molar-refractivity contribution is -0.173. The molecule has 1 aromatic carbocycles. The molecule has 170 valence electrons. The van der Waals surface area contributed by atoms with E-state index in [4.69, 9.17) is 15.5 Å². The van der Waals surface area contributed by atoms with Crippen LogP contribution >= 0.6 is 11.8 Å². The summed E-state index contributed by atoms with van der Waals surface area (Å²) in [6.07, 6.45) is -0.527. The Hall–Kier alpha value is -2.82. The normalized spacial score (nSPS) is 22.7. The number of halogens is 2. The fourth-order valence-corrected chi connectivity index (χ4v) is 6.38. The van der Waals surface area contributed by atoms with E-state index in [-0.39, 0.29) is 36.1 Å². The molecule has 3 aliphatic heterocycles. The van der Waals surface area contributed by atoms with Crippen LogP contribution in [0.4, 0.5) is 8.78 Å². The first-order valence-corrected chi connectivity index (χ1v) is 11.5. The summed E-state index contributed by atoms with van der Waals surface area (Å²) in [5.74, 6) is -0.804. The van der Waals surface area contributed by atoms with Crippen LogP contribution in [-0.4, -0.2) is 33.1 Å². The van der Waals surface area contributed by atoms with Crippen molar-refractivity contribution in [1.29, 1.82) is 0 Å². The van der Waals surface area contributed by atoms with Crippen LogP contribution in [0.25, 0.3) is 22.3 Å². The zero-order chi connectivity index (χ0) is 23.2. The third-order valence-corrected chi connectivity index (χ3v) is 8.21. The maximum Gasteiger partial charge on any atom is 0.343 e. The third kappa shape index (κ3) is 2.59. The van der Waals surface area contributed by atoms with E-state index in [1.54, 1.807) is 6.92 Å². The van der Waals surface area contributed by atoms with Gasteiger partial charge in [-0.3, -0.25) is 9.18 Å². The first-order valence-electron chi connectivity index (χ1n) is 10.5. The fourth-order valence-electron chi connectivity index (χ4n) is 5.20. The molecule has 0 radical (unpaired) electrons. The number of hydrogen-bond acceptors (Lipinski definition) is 7. The second-order valence-electron chi connectivity index (χ2n) is 8.67. The van der Waals surface area contributed by atoms with Crippen LogP contribution < -0.4 is 11.3 Å². The van der Waals surface area contributed by atoms with Crippen molar-refractivity contribution in [1.82, 2.24) is 9.55 Å². The van der Waals surface area contributed by atoms with Gasteiger partial charge in [0.05, 0.1) is 35.7 Å². The molecule has 10 heteroatoms.